The highest BCUT2D eigenvalue weighted by molar-refractivity contribution is 7.98. The van der Waals surface area contributed by atoms with Crippen molar-refractivity contribution in [3.05, 3.63) is 63.3 Å². The highest BCUT2D eigenvalue weighted by Crippen LogP contribution is 2.25. The van der Waals surface area contributed by atoms with E-state index in [9.17, 15) is 9.18 Å². The molecule has 0 saturated carbocycles. The monoisotopic (exact) mass is 388 g/mol. The predicted molar refractivity (Wildman–Crippen MR) is 99.2 cm³/mol. The summed E-state index contributed by atoms with van der Waals surface area (Å²) in [4.78, 5) is 17.3. The van der Waals surface area contributed by atoms with Crippen LogP contribution in [-0.4, -0.2) is 24.3 Å². The predicted octanol–water partition coefficient (Wildman–Crippen LogP) is 2.47. The zero-order valence-electron chi connectivity index (χ0n) is 13.6. The summed E-state index contributed by atoms with van der Waals surface area (Å²) in [5.74, 6) is 6.23. The van der Waals surface area contributed by atoms with Crippen LogP contribution in [0.4, 0.5) is 4.39 Å². The van der Waals surface area contributed by atoms with Gasteiger partial charge in [0.15, 0.2) is 10.8 Å². The minimum atomic E-state index is -0.420. The number of aryl methyl sites for hydroxylation is 1. The van der Waals surface area contributed by atoms with Crippen LogP contribution in [0.5, 0.6) is 0 Å². The maximum atomic E-state index is 13.9. The number of aromatic nitrogens is 5. The molecule has 0 bridgehead atoms. The third-order valence-electron chi connectivity index (χ3n) is 3.76. The molecule has 0 aliphatic carbocycles. The molecular formula is C16H13FN6OS2. The molecule has 4 aromatic rings. The molecule has 4 rings (SSSR count). The van der Waals surface area contributed by atoms with Crippen molar-refractivity contribution >= 4 is 28.1 Å². The Kier molecular flexibility index (Phi) is 4.21. The van der Waals surface area contributed by atoms with Gasteiger partial charge in [0, 0.05) is 22.9 Å². The molecule has 0 atom stereocenters. The first kappa shape index (κ1) is 16.7. The van der Waals surface area contributed by atoms with Gasteiger partial charge in [0.2, 0.25) is 5.16 Å². The van der Waals surface area contributed by atoms with Crippen molar-refractivity contribution < 1.29 is 4.39 Å². The number of thiazole rings is 1. The van der Waals surface area contributed by atoms with Crippen LogP contribution in [0.25, 0.3) is 16.3 Å². The molecule has 2 N–H and O–H groups in total. The lowest BCUT2D eigenvalue weighted by Crippen LogP contribution is -2.15. The van der Waals surface area contributed by atoms with Gasteiger partial charge in [-0.3, -0.25) is 9.20 Å². The third kappa shape index (κ3) is 2.86. The van der Waals surface area contributed by atoms with Crippen LogP contribution in [-0.2, 0) is 5.75 Å². The van der Waals surface area contributed by atoms with Gasteiger partial charge in [0.1, 0.15) is 5.82 Å². The lowest BCUT2D eigenvalue weighted by Gasteiger charge is -2.04. The van der Waals surface area contributed by atoms with Crippen LogP contribution >= 0.6 is 23.1 Å². The summed E-state index contributed by atoms with van der Waals surface area (Å²) in [5, 5.41) is 10.3. The summed E-state index contributed by atoms with van der Waals surface area (Å²) < 4.78 is 16.7. The van der Waals surface area contributed by atoms with E-state index < -0.39 is 5.82 Å². The van der Waals surface area contributed by atoms with Crippen molar-refractivity contribution in [3.8, 4) is 11.4 Å². The molecule has 0 aliphatic heterocycles. The second kappa shape index (κ2) is 6.54. The van der Waals surface area contributed by atoms with Crippen LogP contribution in [0.2, 0.25) is 0 Å². The third-order valence-corrected chi connectivity index (χ3v) is 5.68. The summed E-state index contributed by atoms with van der Waals surface area (Å²) in [6.45, 7) is 1.86. The van der Waals surface area contributed by atoms with Crippen LogP contribution in [0, 0.1) is 12.7 Å². The fraction of sp³-hybridized carbons (Fsp3) is 0.125. The van der Waals surface area contributed by atoms with Crippen molar-refractivity contribution in [2.24, 2.45) is 0 Å². The summed E-state index contributed by atoms with van der Waals surface area (Å²) in [7, 11) is 0. The molecule has 0 radical (unpaired) electrons. The van der Waals surface area contributed by atoms with Crippen molar-refractivity contribution in [1.29, 1.82) is 0 Å². The molecule has 132 valence electrons. The van der Waals surface area contributed by atoms with Crippen molar-refractivity contribution in [2.75, 3.05) is 5.84 Å². The number of hydrogen-bond acceptors (Lipinski definition) is 7. The summed E-state index contributed by atoms with van der Waals surface area (Å²) >= 11 is 2.69. The van der Waals surface area contributed by atoms with Crippen LogP contribution in [0.15, 0.2) is 45.7 Å². The Bertz CT molecular complexity index is 1170. The number of nitrogens with zero attached hydrogens (tertiary/aromatic N) is 5. The van der Waals surface area contributed by atoms with E-state index in [1.54, 1.807) is 22.6 Å². The molecule has 3 heterocycles. The molecule has 1 aromatic carbocycles. The summed E-state index contributed by atoms with van der Waals surface area (Å²) in [6, 6.07) is 7.72. The Labute approximate surface area is 155 Å². The lowest BCUT2D eigenvalue weighted by atomic mass is 10.2. The standard InChI is InChI=1S/C16H13FN6OS2/c1-9-7-25-15-19-10(6-13(24)22(9)15)8-26-16-21-20-14(23(16)18)11-4-2-3-5-12(11)17/h2-7H,8,18H2,1H3. The van der Waals surface area contributed by atoms with Gasteiger partial charge in [-0.05, 0) is 19.1 Å². The molecule has 3 aromatic heterocycles. The van der Waals surface area contributed by atoms with Gasteiger partial charge in [0.05, 0.1) is 11.3 Å². The smallest absolute Gasteiger partial charge is 0.258 e. The van der Waals surface area contributed by atoms with Gasteiger partial charge in [-0.1, -0.05) is 23.9 Å². The molecule has 26 heavy (non-hydrogen) atoms. The Hall–Kier alpha value is -2.72. The second-order valence-electron chi connectivity index (χ2n) is 5.53. The average Bonchev–Trinajstić information content (AvgIpc) is 3.17. The maximum absolute atomic E-state index is 13.9. The van der Waals surface area contributed by atoms with E-state index in [1.165, 1.54) is 39.9 Å². The van der Waals surface area contributed by atoms with E-state index in [0.29, 0.717) is 21.6 Å². The number of benzene rings is 1. The van der Waals surface area contributed by atoms with Gasteiger partial charge in [-0.2, -0.15) is 0 Å². The topological polar surface area (TPSA) is 91.1 Å². The van der Waals surface area contributed by atoms with E-state index in [-0.39, 0.29) is 16.9 Å². The minimum Gasteiger partial charge on any atom is -0.335 e. The quantitative estimate of drug-likeness (QED) is 0.427. The lowest BCUT2D eigenvalue weighted by molar-refractivity contribution is 0.629. The highest BCUT2D eigenvalue weighted by Gasteiger charge is 2.16. The van der Waals surface area contributed by atoms with Gasteiger partial charge >= 0.3 is 0 Å². The highest BCUT2D eigenvalue weighted by atomic mass is 32.2. The number of thioether (sulfide) groups is 1. The Morgan fingerprint density at radius 2 is 2.12 bits per heavy atom. The molecule has 10 heteroatoms. The fourth-order valence-electron chi connectivity index (χ4n) is 2.52. The van der Waals surface area contributed by atoms with Gasteiger partial charge < -0.3 is 5.84 Å². The number of fused-ring (bicyclic) bond motifs is 1. The van der Waals surface area contributed by atoms with Crippen LogP contribution in [0.1, 0.15) is 11.4 Å². The fourth-order valence-corrected chi connectivity index (χ4v) is 4.15. The first-order chi connectivity index (χ1) is 12.5. The van der Waals surface area contributed by atoms with Crippen molar-refractivity contribution in [3.63, 3.8) is 0 Å². The molecule has 0 amide bonds. The number of nitrogen functional groups attached to an aromatic ring is 1. The molecule has 7 nitrogen and oxygen atoms in total. The molecule has 0 saturated heterocycles. The molecule has 0 unspecified atom stereocenters. The van der Waals surface area contributed by atoms with E-state index in [0.717, 1.165) is 5.69 Å². The van der Waals surface area contributed by atoms with E-state index in [4.69, 9.17) is 5.84 Å². The van der Waals surface area contributed by atoms with E-state index >= 15 is 0 Å². The Morgan fingerprint density at radius 1 is 1.31 bits per heavy atom. The Morgan fingerprint density at radius 3 is 2.92 bits per heavy atom. The second-order valence-corrected chi connectivity index (χ2v) is 7.30. The minimum absolute atomic E-state index is 0.120. The molecule has 0 aliphatic rings. The van der Waals surface area contributed by atoms with Crippen LogP contribution in [0.3, 0.4) is 0 Å². The normalized spacial score (nSPS) is 11.3. The Balaban J connectivity index is 1.60. The zero-order chi connectivity index (χ0) is 18.3. The van der Waals surface area contributed by atoms with E-state index in [2.05, 4.69) is 15.2 Å². The van der Waals surface area contributed by atoms with Gasteiger partial charge in [0.25, 0.3) is 5.56 Å². The number of halogens is 1. The number of hydrogen-bond donors (Lipinski definition) is 1. The van der Waals surface area contributed by atoms with Crippen LogP contribution < -0.4 is 11.4 Å². The van der Waals surface area contributed by atoms with Gasteiger partial charge in [-0.25, -0.2) is 14.1 Å². The van der Waals surface area contributed by atoms with Crippen molar-refractivity contribution in [2.45, 2.75) is 17.8 Å². The maximum Gasteiger partial charge on any atom is 0.258 e. The first-order valence-corrected chi connectivity index (χ1v) is 9.46. The van der Waals surface area contributed by atoms with E-state index in [1.807, 2.05) is 12.3 Å². The molecule has 0 spiro atoms. The SMILES string of the molecule is Cc1csc2nc(CSc3nnc(-c4ccccc4F)n3N)cc(=O)n12. The molecule has 0 fully saturated rings. The number of rotatable bonds is 4. The largest absolute Gasteiger partial charge is 0.335 e. The average molecular weight is 388 g/mol. The molecular weight excluding hydrogens is 375 g/mol. The summed E-state index contributed by atoms with van der Waals surface area (Å²) in [5.41, 5.74) is 1.64. The number of nitrogens with two attached hydrogens (primary N) is 1. The zero-order valence-corrected chi connectivity index (χ0v) is 15.2. The van der Waals surface area contributed by atoms with Gasteiger partial charge in [-0.15, -0.1) is 21.5 Å². The first-order valence-electron chi connectivity index (χ1n) is 7.59. The summed E-state index contributed by atoms with van der Waals surface area (Å²) in [6.07, 6.45) is 0. The van der Waals surface area contributed by atoms with Crippen molar-refractivity contribution in [1.82, 2.24) is 24.3 Å².